The number of amides is 2. The third-order valence-corrected chi connectivity index (χ3v) is 5.39. The standard InChI is InChI=1S/C19H24N2O4/c22-18(20-14-5-2-1-3-6-14)15-7-4-10-21(15)19(23)13-8-9-16-17(11-13)25-12-24-16/h8-9,11,14-15H,1-7,10,12H2,(H,20,22). The van der Waals surface area contributed by atoms with Gasteiger partial charge < -0.3 is 19.7 Å². The largest absolute Gasteiger partial charge is 0.454 e. The molecule has 0 bridgehead atoms. The highest BCUT2D eigenvalue weighted by Gasteiger charge is 2.35. The summed E-state index contributed by atoms with van der Waals surface area (Å²) in [6, 6.07) is 5.11. The van der Waals surface area contributed by atoms with Crippen molar-refractivity contribution in [3.63, 3.8) is 0 Å². The molecule has 134 valence electrons. The summed E-state index contributed by atoms with van der Waals surface area (Å²) in [5.41, 5.74) is 0.543. The van der Waals surface area contributed by atoms with Gasteiger partial charge in [0.1, 0.15) is 6.04 Å². The average Bonchev–Trinajstić information content (AvgIpc) is 3.30. The van der Waals surface area contributed by atoms with Crippen molar-refractivity contribution < 1.29 is 19.1 Å². The molecule has 4 rings (SSSR count). The van der Waals surface area contributed by atoms with Crippen molar-refractivity contribution in [1.29, 1.82) is 0 Å². The van der Waals surface area contributed by atoms with Gasteiger partial charge in [0.2, 0.25) is 12.7 Å². The maximum Gasteiger partial charge on any atom is 0.254 e. The van der Waals surface area contributed by atoms with Crippen molar-refractivity contribution in [1.82, 2.24) is 10.2 Å². The van der Waals surface area contributed by atoms with Gasteiger partial charge in [0.25, 0.3) is 5.91 Å². The lowest BCUT2D eigenvalue weighted by Crippen LogP contribution is -2.49. The molecule has 0 spiro atoms. The Balaban J connectivity index is 1.45. The number of likely N-dealkylation sites (tertiary alicyclic amines) is 1. The average molecular weight is 344 g/mol. The van der Waals surface area contributed by atoms with E-state index in [-0.39, 0.29) is 30.7 Å². The first-order chi connectivity index (χ1) is 12.2. The zero-order valence-electron chi connectivity index (χ0n) is 14.3. The fourth-order valence-electron chi connectivity index (χ4n) is 4.02. The van der Waals surface area contributed by atoms with Gasteiger partial charge in [-0.05, 0) is 43.9 Å². The first kappa shape index (κ1) is 16.2. The Kier molecular flexibility index (Phi) is 4.51. The Morgan fingerprint density at radius 3 is 2.64 bits per heavy atom. The minimum absolute atomic E-state index is 0.00140. The van der Waals surface area contributed by atoms with E-state index in [4.69, 9.17) is 9.47 Å². The van der Waals surface area contributed by atoms with Gasteiger partial charge in [0.05, 0.1) is 0 Å². The van der Waals surface area contributed by atoms with E-state index in [0.29, 0.717) is 23.6 Å². The van der Waals surface area contributed by atoms with E-state index in [1.165, 1.54) is 19.3 Å². The van der Waals surface area contributed by atoms with Crippen molar-refractivity contribution in [2.75, 3.05) is 13.3 Å². The second kappa shape index (κ2) is 6.94. The number of hydrogen-bond donors (Lipinski definition) is 1. The van der Waals surface area contributed by atoms with Crippen LogP contribution in [0.4, 0.5) is 0 Å². The summed E-state index contributed by atoms with van der Waals surface area (Å²) in [7, 11) is 0. The van der Waals surface area contributed by atoms with Crippen LogP contribution in [0.15, 0.2) is 18.2 Å². The molecule has 2 aliphatic heterocycles. The number of nitrogens with one attached hydrogen (secondary N) is 1. The highest BCUT2D eigenvalue weighted by Crippen LogP contribution is 2.33. The van der Waals surface area contributed by atoms with Gasteiger partial charge in [-0.3, -0.25) is 9.59 Å². The van der Waals surface area contributed by atoms with Gasteiger partial charge >= 0.3 is 0 Å². The number of ether oxygens (including phenoxy) is 2. The maximum absolute atomic E-state index is 12.9. The van der Waals surface area contributed by atoms with E-state index in [1.54, 1.807) is 23.1 Å². The van der Waals surface area contributed by atoms with E-state index < -0.39 is 0 Å². The molecular weight excluding hydrogens is 320 g/mol. The third-order valence-electron chi connectivity index (χ3n) is 5.39. The van der Waals surface area contributed by atoms with Crippen LogP contribution < -0.4 is 14.8 Å². The predicted octanol–water partition coefficient (Wildman–Crippen LogP) is 2.47. The predicted molar refractivity (Wildman–Crippen MR) is 91.6 cm³/mol. The fourth-order valence-corrected chi connectivity index (χ4v) is 4.02. The number of nitrogens with zero attached hydrogens (tertiary/aromatic N) is 1. The Hall–Kier alpha value is -2.24. The number of carbonyl (C=O) groups is 2. The van der Waals surface area contributed by atoms with Crippen LogP contribution in [0, 0.1) is 0 Å². The van der Waals surface area contributed by atoms with Gasteiger partial charge in [-0.25, -0.2) is 0 Å². The molecule has 1 aromatic rings. The molecule has 2 fully saturated rings. The smallest absolute Gasteiger partial charge is 0.254 e. The highest BCUT2D eigenvalue weighted by atomic mass is 16.7. The summed E-state index contributed by atoms with van der Waals surface area (Å²) >= 11 is 0. The minimum Gasteiger partial charge on any atom is -0.454 e. The highest BCUT2D eigenvalue weighted by molar-refractivity contribution is 5.98. The summed E-state index contributed by atoms with van der Waals surface area (Å²) in [6.45, 7) is 0.805. The van der Waals surface area contributed by atoms with Crippen molar-refractivity contribution in [3.05, 3.63) is 23.8 Å². The molecule has 1 aromatic carbocycles. The van der Waals surface area contributed by atoms with Crippen LogP contribution in [0.3, 0.4) is 0 Å². The lowest BCUT2D eigenvalue weighted by atomic mass is 9.95. The van der Waals surface area contributed by atoms with E-state index in [2.05, 4.69) is 5.32 Å². The zero-order chi connectivity index (χ0) is 17.2. The van der Waals surface area contributed by atoms with Gasteiger partial charge in [0.15, 0.2) is 11.5 Å². The van der Waals surface area contributed by atoms with Crippen molar-refractivity contribution in [2.24, 2.45) is 0 Å². The molecule has 1 aliphatic carbocycles. The monoisotopic (exact) mass is 344 g/mol. The minimum atomic E-state index is -0.361. The van der Waals surface area contributed by atoms with Gasteiger partial charge in [-0.1, -0.05) is 19.3 Å². The van der Waals surface area contributed by atoms with Crippen LogP contribution in [0.1, 0.15) is 55.3 Å². The Morgan fingerprint density at radius 1 is 1.00 bits per heavy atom. The first-order valence-electron chi connectivity index (χ1n) is 9.23. The number of rotatable bonds is 3. The number of hydrogen-bond acceptors (Lipinski definition) is 4. The summed E-state index contributed by atoms with van der Waals surface area (Å²) < 4.78 is 10.6. The second-order valence-electron chi connectivity index (χ2n) is 7.07. The van der Waals surface area contributed by atoms with E-state index in [0.717, 1.165) is 25.7 Å². The normalized spacial score (nSPS) is 22.9. The first-order valence-corrected chi connectivity index (χ1v) is 9.23. The molecule has 2 heterocycles. The molecule has 0 aromatic heterocycles. The van der Waals surface area contributed by atoms with Gasteiger partial charge in [0, 0.05) is 18.2 Å². The molecule has 0 radical (unpaired) electrons. The van der Waals surface area contributed by atoms with Crippen LogP contribution in [0.5, 0.6) is 11.5 Å². The van der Waals surface area contributed by atoms with Crippen molar-refractivity contribution in [2.45, 2.75) is 57.0 Å². The molecule has 1 saturated heterocycles. The van der Waals surface area contributed by atoms with Gasteiger partial charge in [-0.2, -0.15) is 0 Å². The third kappa shape index (κ3) is 3.30. The molecule has 1 atom stereocenters. The molecule has 6 heteroatoms. The molecule has 25 heavy (non-hydrogen) atoms. The number of carbonyl (C=O) groups excluding carboxylic acids is 2. The molecule has 6 nitrogen and oxygen atoms in total. The molecule has 1 unspecified atom stereocenters. The molecule has 1 N–H and O–H groups in total. The topological polar surface area (TPSA) is 67.9 Å². The molecule has 1 saturated carbocycles. The Bertz CT molecular complexity index is 669. The van der Waals surface area contributed by atoms with E-state index >= 15 is 0 Å². The molecule has 2 amide bonds. The Morgan fingerprint density at radius 2 is 1.80 bits per heavy atom. The lowest BCUT2D eigenvalue weighted by molar-refractivity contribution is -0.125. The zero-order valence-corrected chi connectivity index (χ0v) is 14.3. The van der Waals surface area contributed by atoms with Crippen LogP contribution in [0.25, 0.3) is 0 Å². The Labute approximate surface area is 147 Å². The van der Waals surface area contributed by atoms with E-state index in [9.17, 15) is 9.59 Å². The SMILES string of the molecule is O=C(NC1CCCCC1)C1CCCN1C(=O)c1ccc2c(c1)OCO2. The summed E-state index contributed by atoms with van der Waals surface area (Å²) in [6.07, 6.45) is 7.30. The van der Waals surface area contributed by atoms with Crippen LogP contribution in [0.2, 0.25) is 0 Å². The molecule has 3 aliphatic rings. The van der Waals surface area contributed by atoms with Crippen molar-refractivity contribution >= 4 is 11.8 Å². The maximum atomic E-state index is 12.9. The molecular formula is C19H24N2O4. The summed E-state index contributed by atoms with van der Waals surface area (Å²) in [5, 5.41) is 3.16. The number of fused-ring (bicyclic) bond motifs is 1. The second-order valence-corrected chi connectivity index (χ2v) is 7.07. The van der Waals surface area contributed by atoms with Crippen LogP contribution >= 0.6 is 0 Å². The summed E-state index contributed by atoms with van der Waals surface area (Å²) in [4.78, 5) is 27.3. The summed E-state index contributed by atoms with van der Waals surface area (Å²) in [5.74, 6) is 1.14. The quantitative estimate of drug-likeness (QED) is 0.915. The number of benzene rings is 1. The lowest BCUT2D eigenvalue weighted by Gasteiger charge is -2.28. The van der Waals surface area contributed by atoms with E-state index in [1.807, 2.05) is 0 Å². The fraction of sp³-hybridized carbons (Fsp3) is 0.579. The van der Waals surface area contributed by atoms with Gasteiger partial charge in [-0.15, -0.1) is 0 Å². The van der Waals surface area contributed by atoms with Crippen LogP contribution in [-0.4, -0.2) is 42.1 Å². The van der Waals surface area contributed by atoms with Crippen molar-refractivity contribution in [3.8, 4) is 11.5 Å². The van der Waals surface area contributed by atoms with Crippen LogP contribution in [-0.2, 0) is 4.79 Å².